The van der Waals surface area contributed by atoms with E-state index in [9.17, 15) is 9.90 Å². The Kier molecular flexibility index (Phi) is 5.39. The Morgan fingerprint density at radius 3 is 2.56 bits per heavy atom. The van der Waals surface area contributed by atoms with Crippen molar-refractivity contribution in [2.45, 2.75) is 20.0 Å². The summed E-state index contributed by atoms with van der Waals surface area (Å²) in [6.07, 6.45) is 2.63. The van der Waals surface area contributed by atoms with Gasteiger partial charge in [0.1, 0.15) is 0 Å². The predicted octanol–water partition coefficient (Wildman–Crippen LogP) is 1.42. The second kappa shape index (κ2) is 6.81. The summed E-state index contributed by atoms with van der Waals surface area (Å²) in [5.74, 6) is -0.0853. The van der Waals surface area contributed by atoms with Crippen LogP contribution in [-0.2, 0) is 4.79 Å². The van der Waals surface area contributed by atoms with Gasteiger partial charge in [-0.25, -0.2) is 0 Å². The molecule has 0 fully saturated rings. The molecule has 0 spiro atoms. The number of amides is 1. The van der Waals surface area contributed by atoms with Crippen LogP contribution in [0.4, 0.5) is 5.69 Å². The van der Waals surface area contributed by atoms with E-state index >= 15 is 0 Å². The van der Waals surface area contributed by atoms with Gasteiger partial charge in [0.15, 0.2) is 0 Å². The van der Waals surface area contributed by atoms with Crippen LogP contribution in [0.5, 0.6) is 0 Å². The van der Waals surface area contributed by atoms with Crippen LogP contribution in [0.2, 0.25) is 0 Å². The van der Waals surface area contributed by atoms with Crippen molar-refractivity contribution < 1.29 is 9.90 Å². The van der Waals surface area contributed by atoms with Gasteiger partial charge in [0, 0.05) is 18.3 Å². The van der Waals surface area contributed by atoms with Gasteiger partial charge in [-0.1, -0.05) is 26.0 Å². The van der Waals surface area contributed by atoms with Crippen LogP contribution in [0.1, 0.15) is 19.4 Å². The highest BCUT2D eigenvalue weighted by Gasteiger charge is 2.09. The fourth-order valence-electron chi connectivity index (χ4n) is 1.28. The number of nitrogens with two attached hydrogens (primary N) is 1. The Morgan fingerprint density at radius 2 is 2.00 bits per heavy atom. The summed E-state index contributed by atoms with van der Waals surface area (Å²) >= 11 is 0. The summed E-state index contributed by atoms with van der Waals surface area (Å²) < 4.78 is 0. The number of aliphatic hydroxyl groups excluding tert-OH is 1. The van der Waals surface area contributed by atoms with Crippen molar-refractivity contribution >= 4 is 17.7 Å². The van der Waals surface area contributed by atoms with Gasteiger partial charge in [-0.15, -0.1) is 0 Å². The molecule has 4 heteroatoms. The molecule has 0 aromatic heterocycles. The molecule has 0 aliphatic rings. The molecular formula is C14H20N2O2. The topological polar surface area (TPSA) is 75.3 Å². The average Bonchev–Trinajstić information content (AvgIpc) is 2.35. The Balaban J connectivity index is 2.42. The minimum Gasteiger partial charge on any atom is -0.399 e. The zero-order valence-electron chi connectivity index (χ0n) is 10.8. The van der Waals surface area contributed by atoms with E-state index in [0.717, 1.165) is 5.56 Å². The molecular weight excluding hydrogens is 228 g/mol. The third-order valence-electron chi connectivity index (χ3n) is 2.62. The smallest absolute Gasteiger partial charge is 0.244 e. The van der Waals surface area contributed by atoms with Crippen molar-refractivity contribution in [2.24, 2.45) is 5.92 Å². The van der Waals surface area contributed by atoms with Crippen molar-refractivity contribution in [3.63, 3.8) is 0 Å². The second-order valence-corrected chi connectivity index (χ2v) is 4.56. The number of benzene rings is 1. The molecule has 4 nitrogen and oxygen atoms in total. The van der Waals surface area contributed by atoms with Gasteiger partial charge in [-0.3, -0.25) is 4.79 Å². The Hall–Kier alpha value is -1.81. The van der Waals surface area contributed by atoms with Crippen LogP contribution in [0.3, 0.4) is 0 Å². The number of hydrogen-bond donors (Lipinski definition) is 3. The number of carbonyl (C=O) groups excluding carboxylic acids is 1. The highest BCUT2D eigenvalue weighted by Crippen LogP contribution is 2.06. The van der Waals surface area contributed by atoms with Crippen LogP contribution in [-0.4, -0.2) is 23.7 Å². The van der Waals surface area contributed by atoms with Crippen molar-refractivity contribution in [1.29, 1.82) is 0 Å². The number of hydrogen-bond acceptors (Lipinski definition) is 3. The Bertz CT molecular complexity index is 410. The maximum absolute atomic E-state index is 11.5. The molecule has 98 valence electrons. The first-order valence-electron chi connectivity index (χ1n) is 5.98. The van der Waals surface area contributed by atoms with Crippen molar-refractivity contribution in [3.8, 4) is 0 Å². The number of carbonyl (C=O) groups is 1. The third-order valence-corrected chi connectivity index (χ3v) is 2.62. The van der Waals surface area contributed by atoms with E-state index in [1.165, 1.54) is 6.08 Å². The van der Waals surface area contributed by atoms with Gasteiger partial charge in [-0.2, -0.15) is 0 Å². The van der Waals surface area contributed by atoms with Crippen LogP contribution >= 0.6 is 0 Å². The zero-order chi connectivity index (χ0) is 13.5. The fourth-order valence-corrected chi connectivity index (χ4v) is 1.28. The monoisotopic (exact) mass is 248 g/mol. The van der Waals surface area contributed by atoms with E-state index in [2.05, 4.69) is 5.32 Å². The van der Waals surface area contributed by atoms with Gasteiger partial charge in [-0.05, 0) is 29.7 Å². The van der Waals surface area contributed by atoms with Gasteiger partial charge in [0.2, 0.25) is 5.91 Å². The molecule has 4 N–H and O–H groups in total. The van der Waals surface area contributed by atoms with Gasteiger partial charge >= 0.3 is 0 Å². The molecule has 0 aliphatic heterocycles. The quantitative estimate of drug-likeness (QED) is 0.545. The molecule has 0 aliphatic carbocycles. The Labute approximate surface area is 108 Å². The van der Waals surface area contributed by atoms with E-state index in [-0.39, 0.29) is 18.4 Å². The van der Waals surface area contributed by atoms with Gasteiger partial charge < -0.3 is 16.2 Å². The minimum absolute atomic E-state index is 0.131. The molecule has 1 rings (SSSR count). The summed E-state index contributed by atoms with van der Waals surface area (Å²) in [6, 6.07) is 7.23. The lowest BCUT2D eigenvalue weighted by Crippen LogP contribution is -2.33. The second-order valence-electron chi connectivity index (χ2n) is 4.56. The molecule has 0 radical (unpaired) electrons. The fraction of sp³-hybridized carbons (Fsp3) is 0.357. The third kappa shape index (κ3) is 5.01. The van der Waals surface area contributed by atoms with Crippen LogP contribution < -0.4 is 11.1 Å². The zero-order valence-corrected chi connectivity index (χ0v) is 10.8. The minimum atomic E-state index is -0.515. The summed E-state index contributed by atoms with van der Waals surface area (Å²) in [7, 11) is 0. The van der Waals surface area contributed by atoms with Crippen LogP contribution in [0, 0.1) is 5.92 Å². The van der Waals surface area contributed by atoms with Crippen molar-refractivity contribution in [3.05, 3.63) is 35.9 Å². The summed E-state index contributed by atoms with van der Waals surface area (Å²) in [6.45, 7) is 4.07. The maximum Gasteiger partial charge on any atom is 0.244 e. The van der Waals surface area contributed by atoms with E-state index in [4.69, 9.17) is 5.73 Å². The van der Waals surface area contributed by atoms with E-state index in [1.54, 1.807) is 18.2 Å². The first kappa shape index (κ1) is 14.3. The number of rotatable bonds is 5. The van der Waals surface area contributed by atoms with Gasteiger partial charge in [0.25, 0.3) is 0 Å². The number of aliphatic hydroxyl groups is 1. The van der Waals surface area contributed by atoms with Crippen LogP contribution in [0.25, 0.3) is 6.08 Å². The van der Waals surface area contributed by atoms with E-state index in [1.807, 2.05) is 26.0 Å². The number of nitrogens with one attached hydrogen (secondary N) is 1. The largest absolute Gasteiger partial charge is 0.399 e. The lowest BCUT2D eigenvalue weighted by molar-refractivity contribution is -0.117. The maximum atomic E-state index is 11.5. The van der Waals surface area contributed by atoms with Crippen LogP contribution in [0.15, 0.2) is 30.3 Å². The summed E-state index contributed by atoms with van der Waals surface area (Å²) in [5.41, 5.74) is 7.16. The predicted molar refractivity (Wildman–Crippen MR) is 73.7 cm³/mol. The SMILES string of the molecule is CC(C)C(O)CNC(=O)/C=C/c1ccc(N)cc1. The molecule has 18 heavy (non-hydrogen) atoms. The van der Waals surface area contributed by atoms with E-state index in [0.29, 0.717) is 5.69 Å². The Morgan fingerprint density at radius 1 is 1.39 bits per heavy atom. The normalized spacial score (nSPS) is 12.9. The first-order valence-corrected chi connectivity index (χ1v) is 5.98. The van der Waals surface area contributed by atoms with Crippen molar-refractivity contribution in [2.75, 3.05) is 12.3 Å². The summed E-state index contributed by atoms with van der Waals surface area (Å²) in [5, 5.41) is 12.2. The van der Waals surface area contributed by atoms with E-state index < -0.39 is 6.10 Å². The average molecular weight is 248 g/mol. The highest BCUT2D eigenvalue weighted by atomic mass is 16.3. The summed E-state index contributed by atoms with van der Waals surface area (Å²) in [4.78, 5) is 11.5. The lowest BCUT2D eigenvalue weighted by Gasteiger charge is -2.13. The number of nitrogen functional groups attached to an aromatic ring is 1. The van der Waals surface area contributed by atoms with Gasteiger partial charge in [0.05, 0.1) is 6.10 Å². The standard InChI is InChI=1S/C14H20N2O2/c1-10(2)13(17)9-16-14(18)8-5-11-3-6-12(15)7-4-11/h3-8,10,13,17H,9,15H2,1-2H3,(H,16,18)/b8-5+. The molecule has 0 saturated carbocycles. The molecule has 0 bridgehead atoms. The molecule has 1 amide bonds. The molecule has 1 aromatic carbocycles. The lowest BCUT2D eigenvalue weighted by atomic mass is 10.1. The van der Waals surface area contributed by atoms with Crippen molar-refractivity contribution in [1.82, 2.24) is 5.32 Å². The molecule has 1 atom stereocenters. The first-order chi connectivity index (χ1) is 8.49. The number of anilines is 1. The molecule has 1 unspecified atom stereocenters. The molecule has 0 heterocycles. The molecule has 1 aromatic rings. The highest BCUT2D eigenvalue weighted by molar-refractivity contribution is 5.91. The molecule has 0 saturated heterocycles.